The van der Waals surface area contributed by atoms with Gasteiger partial charge in [0.1, 0.15) is 10.2 Å². The fraction of sp³-hybridized carbons (Fsp3) is 0.462. The Labute approximate surface area is 126 Å². The smallest absolute Gasteiger partial charge is 0.120 e. The van der Waals surface area contributed by atoms with Crippen LogP contribution in [0.3, 0.4) is 0 Å². The minimum absolute atomic E-state index is 0.646. The molecule has 0 aromatic carbocycles. The molecule has 0 aliphatic heterocycles. The zero-order chi connectivity index (χ0) is 13.2. The minimum atomic E-state index is 0.646. The number of H-pyrrole nitrogens is 1. The SMILES string of the molecule is Clc1cc(-c2cnc(CNC3CCCC3)[nH]2)c(Cl)s1. The third kappa shape index (κ3) is 3.14. The van der Waals surface area contributed by atoms with E-state index in [1.165, 1.54) is 37.0 Å². The van der Waals surface area contributed by atoms with Crippen LogP contribution in [0, 0.1) is 0 Å². The predicted octanol–water partition coefficient (Wildman–Crippen LogP) is 4.48. The third-order valence-electron chi connectivity index (χ3n) is 3.49. The molecule has 3 rings (SSSR count). The summed E-state index contributed by atoms with van der Waals surface area (Å²) in [6.07, 6.45) is 7.04. The molecule has 0 atom stereocenters. The summed E-state index contributed by atoms with van der Waals surface area (Å²) in [6.45, 7) is 0.778. The maximum Gasteiger partial charge on any atom is 0.120 e. The van der Waals surface area contributed by atoms with E-state index in [1.54, 1.807) is 0 Å². The average Bonchev–Trinajstić information content (AvgIpc) is 3.08. The quantitative estimate of drug-likeness (QED) is 0.873. The van der Waals surface area contributed by atoms with Gasteiger partial charge in [0, 0.05) is 11.6 Å². The van der Waals surface area contributed by atoms with Gasteiger partial charge >= 0.3 is 0 Å². The first kappa shape index (κ1) is 13.4. The van der Waals surface area contributed by atoms with Gasteiger partial charge in [0.25, 0.3) is 0 Å². The van der Waals surface area contributed by atoms with Crippen LogP contribution >= 0.6 is 34.5 Å². The highest BCUT2D eigenvalue weighted by molar-refractivity contribution is 7.20. The molecule has 2 heterocycles. The van der Waals surface area contributed by atoms with Crippen molar-refractivity contribution < 1.29 is 0 Å². The highest BCUT2D eigenvalue weighted by Gasteiger charge is 2.15. The number of nitrogens with one attached hydrogen (secondary N) is 2. The van der Waals surface area contributed by atoms with Crippen molar-refractivity contribution in [2.45, 2.75) is 38.3 Å². The summed E-state index contributed by atoms with van der Waals surface area (Å²) in [5.74, 6) is 0.945. The lowest BCUT2D eigenvalue weighted by molar-refractivity contribution is 0.515. The fourth-order valence-corrected chi connectivity index (χ4v) is 3.98. The molecular weight excluding hydrogens is 301 g/mol. The second-order valence-electron chi connectivity index (χ2n) is 4.84. The molecule has 2 N–H and O–H groups in total. The van der Waals surface area contributed by atoms with E-state index in [-0.39, 0.29) is 0 Å². The van der Waals surface area contributed by atoms with Gasteiger partial charge in [0.15, 0.2) is 0 Å². The number of aromatic nitrogens is 2. The van der Waals surface area contributed by atoms with Gasteiger partial charge in [-0.25, -0.2) is 4.98 Å². The van der Waals surface area contributed by atoms with Crippen molar-refractivity contribution in [2.75, 3.05) is 0 Å². The summed E-state index contributed by atoms with van der Waals surface area (Å²) in [7, 11) is 0. The highest BCUT2D eigenvalue weighted by atomic mass is 35.5. The first-order chi connectivity index (χ1) is 9.22. The van der Waals surface area contributed by atoms with E-state index in [9.17, 15) is 0 Å². The van der Waals surface area contributed by atoms with Crippen LogP contribution in [0.2, 0.25) is 8.67 Å². The van der Waals surface area contributed by atoms with Gasteiger partial charge in [-0.2, -0.15) is 0 Å². The molecule has 0 unspecified atom stereocenters. The largest absolute Gasteiger partial charge is 0.341 e. The molecule has 1 aliphatic rings. The molecule has 3 nitrogen and oxygen atoms in total. The van der Waals surface area contributed by atoms with Gasteiger partial charge in [-0.05, 0) is 18.9 Å². The minimum Gasteiger partial charge on any atom is -0.341 e. The van der Waals surface area contributed by atoms with E-state index in [4.69, 9.17) is 23.2 Å². The van der Waals surface area contributed by atoms with Crippen molar-refractivity contribution in [1.82, 2.24) is 15.3 Å². The normalized spacial score (nSPS) is 16.3. The predicted molar refractivity (Wildman–Crippen MR) is 81.0 cm³/mol. The maximum atomic E-state index is 6.14. The van der Waals surface area contributed by atoms with E-state index < -0.39 is 0 Å². The number of rotatable bonds is 4. The van der Waals surface area contributed by atoms with E-state index in [1.807, 2.05) is 12.3 Å². The van der Waals surface area contributed by atoms with E-state index in [0.717, 1.165) is 23.6 Å². The summed E-state index contributed by atoms with van der Waals surface area (Å²) >= 11 is 13.5. The summed E-state index contributed by atoms with van der Waals surface area (Å²) in [5, 5.41) is 3.53. The monoisotopic (exact) mass is 315 g/mol. The molecule has 102 valence electrons. The van der Waals surface area contributed by atoms with Gasteiger partial charge in [-0.15, -0.1) is 11.3 Å². The van der Waals surface area contributed by atoms with Crippen LogP contribution in [0.1, 0.15) is 31.5 Å². The Morgan fingerprint density at radius 1 is 1.37 bits per heavy atom. The molecule has 2 aromatic heterocycles. The van der Waals surface area contributed by atoms with Gasteiger partial charge in [0.05, 0.1) is 22.8 Å². The van der Waals surface area contributed by atoms with Crippen LogP contribution in [-0.2, 0) is 6.54 Å². The van der Waals surface area contributed by atoms with Crippen LogP contribution < -0.4 is 5.32 Å². The molecule has 1 aliphatic carbocycles. The van der Waals surface area contributed by atoms with Gasteiger partial charge in [-0.1, -0.05) is 36.0 Å². The average molecular weight is 316 g/mol. The van der Waals surface area contributed by atoms with Crippen molar-refractivity contribution in [3.8, 4) is 11.3 Å². The van der Waals surface area contributed by atoms with E-state index in [0.29, 0.717) is 14.7 Å². The van der Waals surface area contributed by atoms with E-state index in [2.05, 4.69) is 15.3 Å². The summed E-state index contributed by atoms with van der Waals surface area (Å²) in [5.41, 5.74) is 1.85. The molecule has 6 heteroatoms. The molecule has 1 saturated carbocycles. The second-order valence-corrected chi connectivity index (χ2v) is 7.13. The van der Waals surface area contributed by atoms with Crippen LogP contribution in [0.15, 0.2) is 12.3 Å². The summed E-state index contributed by atoms with van der Waals surface area (Å²) < 4.78 is 1.39. The van der Waals surface area contributed by atoms with Crippen LogP contribution in [0.25, 0.3) is 11.3 Å². The Bertz CT molecular complexity index is 558. The number of nitrogens with zero attached hydrogens (tertiary/aromatic N) is 1. The topological polar surface area (TPSA) is 40.7 Å². The highest BCUT2D eigenvalue weighted by Crippen LogP contribution is 2.37. The standard InChI is InChI=1S/C13H15Cl2N3S/c14-11-5-9(13(15)19-11)10-6-17-12(18-10)7-16-8-3-1-2-4-8/h5-6,8,16H,1-4,7H2,(H,17,18). The zero-order valence-electron chi connectivity index (χ0n) is 10.4. The van der Waals surface area contributed by atoms with E-state index >= 15 is 0 Å². The number of hydrogen-bond acceptors (Lipinski definition) is 3. The molecule has 19 heavy (non-hydrogen) atoms. The number of halogens is 2. The Morgan fingerprint density at radius 2 is 2.16 bits per heavy atom. The molecule has 0 amide bonds. The van der Waals surface area contributed by atoms with Gasteiger partial charge < -0.3 is 10.3 Å². The molecule has 0 spiro atoms. The Morgan fingerprint density at radius 3 is 2.84 bits per heavy atom. The third-order valence-corrected chi connectivity index (χ3v) is 4.98. The van der Waals surface area contributed by atoms with Crippen molar-refractivity contribution in [1.29, 1.82) is 0 Å². The first-order valence-corrected chi connectivity index (χ1v) is 8.02. The van der Waals surface area contributed by atoms with Crippen molar-refractivity contribution >= 4 is 34.5 Å². The number of imidazole rings is 1. The van der Waals surface area contributed by atoms with Crippen LogP contribution in [-0.4, -0.2) is 16.0 Å². The lowest BCUT2D eigenvalue weighted by Crippen LogP contribution is -2.25. The molecule has 2 aromatic rings. The Kier molecular flexibility index (Phi) is 4.12. The summed E-state index contributed by atoms with van der Waals surface area (Å²) in [4.78, 5) is 7.69. The molecule has 0 radical (unpaired) electrons. The molecule has 0 bridgehead atoms. The second kappa shape index (κ2) is 5.83. The number of aromatic amines is 1. The van der Waals surface area contributed by atoms with Crippen molar-refractivity contribution in [3.05, 3.63) is 26.8 Å². The maximum absolute atomic E-state index is 6.14. The zero-order valence-corrected chi connectivity index (χ0v) is 12.7. The summed E-state index contributed by atoms with van der Waals surface area (Å²) in [6, 6.07) is 2.52. The lowest BCUT2D eigenvalue weighted by atomic mass is 10.2. The lowest BCUT2D eigenvalue weighted by Gasteiger charge is -2.09. The fourth-order valence-electron chi connectivity index (χ4n) is 2.48. The number of thiophene rings is 1. The van der Waals surface area contributed by atoms with Crippen LogP contribution in [0.5, 0.6) is 0 Å². The first-order valence-electron chi connectivity index (χ1n) is 6.45. The van der Waals surface area contributed by atoms with Crippen LogP contribution in [0.4, 0.5) is 0 Å². The molecule has 0 saturated heterocycles. The van der Waals surface area contributed by atoms with Gasteiger partial charge in [-0.3, -0.25) is 0 Å². The van der Waals surface area contributed by atoms with Gasteiger partial charge in [0.2, 0.25) is 0 Å². The Balaban J connectivity index is 1.67. The Hall–Kier alpha value is -0.550. The van der Waals surface area contributed by atoms with Crippen molar-refractivity contribution in [3.63, 3.8) is 0 Å². The molecular formula is C13H15Cl2N3S. The van der Waals surface area contributed by atoms with Crippen molar-refractivity contribution in [2.24, 2.45) is 0 Å². The molecule has 1 fully saturated rings. The number of hydrogen-bond donors (Lipinski definition) is 2.